The molecule has 2 fully saturated rings. The Balaban J connectivity index is 1.77. The van der Waals surface area contributed by atoms with Gasteiger partial charge in [0.1, 0.15) is 0 Å². The molecule has 1 unspecified atom stereocenters. The lowest BCUT2D eigenvalue weighted by Gasteiger charge is -2.23. The average Bonchev–Trinajstić information content (AvgIpc) is 2.96. The van der Waals surface area contributed by atoms with Gasteiger partial charge in [0.15, 0.2) is 0 Å². The van der Waals surface area contributed by atoms with Crippen LogP contribution in [0.15, 0.2) is 0 Å². The lowest BCUT2D eigenvalue weighted by atomic mass is 9.99. The molecule has 1 atom stereocenters. The minimum atomic E-state index is -0.481. The number of carbonyl (C=O) groups excluding carboxylic acids is 2. The van der Waals surface area contributed by atoms with E-state index in [1.54, 1.807) is 0 Å². The Morgan fingerprint density at radius 2 is 2.00 bits per heavy atom. The SMILES string of the molecule is CC1(C(=O)NCC(=O)N2CCCC2)CCCN1. The van der Waals surface area contributed by atoms with Gasteiger partial charge < -0.3 is 15.5 Å². The molecule has 2 N–H and O–H groups in total. The van der Waals surface area contributed by atoms with E-state index in [-0.39, 0.29) is 18.4 Å². The topological polar surface area (TPSA) is 61.4 Å². The quantitative estimate of drug-likeness (QED) is 0.721. The first-order valence-electron chi connectivity index (χ1n) is 6.43. The van der Waals surface area contributed by atoms with Gasteiger partial charge in [0, 0.05) is 13.1 Å². The Labute approximate surface area is 102 Å². The van der Waals surface area contributed by atoms with Crippen LogP contribution < -0.4 is 10.6 Å². The molecule has 2 aliphatic heterocycles. The van der Waals surface area contributed by atoms with E-state index in [2.05, 4.69) is 10.6 Å². The van der Waals surface area contributed by atoms with E-state index in [0.717, 1.165) is 45.3 Å². The molecule has 5 nitrogen and oxygen atoms in total. The molecule has 2 amide bonds. The summed E-state index contributed by atoms with van der Waals surface area (Å²) in [5.74, 6) is -0.0139. The van der Waals surface area contributed by atoms with Crippen molar-refractivity contribution in [1.82, 2.24) is 15.5 Å². The zero-order chi connectivity index (χ0) is 12.3. The van der Waals surface area contributed by atoms with Gasteiger partial charge in [-0.3, -0.25) is 9.59 Å². The highest BCUT2D eigenvalue weighted by molar-refractivity contribution is 5.90. The fourth-order valence-electron chi connectivity index (χ4n) is 2.52. The van der Waals surface area contributed by atoms with E-state index in [1.807, 2.05) is 11.8 Å². The molecule has 0 radical (unpaired) electrons. The lowest BCUT2D eigenvalue weighted by Crippen LogP contribution is -2.53. The largest absolute Gasteiger partial charge is 0.345 e. The zero-order valence-electron chi connectivity index (χ0n) is 10.4. The number of nitrogens with one attached hydrogen (secondary N) is 2. The molecular weight excluding hydrogens is 218 g/mol. The molecule has 96 valence electrons. The van der Waals surface area contributed by atoms with E-state index >= 15 is 0 Å². The smallest absolute Gasteiger partial charge is 0.241 e. The van der Waals surface area contributed by atoms with Crippen LogP contribution in [0.2, 0.25) is 0 Å². The number of amides is 2. The molecule has 2 saturated heterocycles. The van der Waals surface area contributed by atoms with Gasteiger partial charge in [-0.25, -0.2) is 0 Å². The normalized spacial score (nSPS) is 28.4. The third kappa shape index (κ3) is 2.77. The first kappa shape index (κ1) is 12.4. The van der Waals surface area contributed by atoms with E-state index in [4.69, 9.17) is 0 Å². The number of likely N-dealkylation sites (tertiary alicyclic amines) is 1. The fraction of sp³-hybridized carbons (Fsp3) is 0.833. The predicted molar refractivity (Wildman–Crippen MR) is 64.5 cm³/mol. The Morgan fingerprint density at radius 1 is 1.29 bits per heavy atom. The summed E-state index contributed by atoms with van der Waals surface area (Å²) in [6, 6.07) is 0. The Morgan fingerprint density at radius 3 is 2.59 bits per heavy atom. The molecule has 17 heavy (non-hydrogen) atoms. The van der Waals surface area contributed by atoms with Crippen LogP contribution in [0.5, 0.6) is 0 Å². The second-order valence-corrected chi connectivity index (χ2v) is 5.13. The van der Waals surface area contributed by atoms with Crippen LogP contribution >= 0.6 is 0 Å². The molecule has 0 bridgehead atoms. The third-order valence-electron chi connectivity index (χ3n) is 3.73. The van der Waals surface area contributed by atoms with Crippen molar-refractivity contribution < 1.29 is 9.59 Å². The van der Waals surface area contributed by atoms with Crippen LogP contribution in [0.25, 0.3) is 0 Å². The standard InChI is InChI=1S/C12H21N3O2/c1-12(5-4-6-14-12)11(17)13-9-10(16)15-7-2-3-8-15/h14H,2-9H2,1H3,(H,13,17). The zero-order valence-corrected chi connectivity index (χ0v) is 10.4. The van der Waals surface area contributed by atoms with Crippen LogP contribution in [0.4, 0.5) is 0 Å². The summed E-state index contributed by atoms with van der Waals surface area (Å²) in [6.45, 7) is 4.59. The van der Waals surface area contributed by atoms with E-state index in [1.165, 1.54) is 0 Å². The van der Waals surface area contributed by atoms with E-state index in [9.17, 15) is 9.59 Å². The maximum atomic E-state index is 11.9. The fourth-order valence-corrected chi connectivity index (χ4v) is 2.52. The lowest BCUT2D eigenvalue weighted by molar-refractivity contribution is -0.133. The summed E-state index contributed by atoms with van der Waals surface area (Å²) in [6.07, 6.45) is 4.03. The van der Waals surface area contributed by atoms with Gasteiger partial charge in [0.05, 0.1) is 12.1 Å². The van der Waals surface area contributed by atoms with Crippen LogP contribution in [-0.2, 0) is 9.59 Å². The van der Waals surface area contributed by atoms with Crippen LogP contribution in [-0.4, -0.2) is 48.4 Å². The summed E-state index contributed by atoms with van der Waals surface area (Å²) in [7, 11) is 0. The maximum absolute atomic E-state index is 11.9. The van der Waals surface area contributed by atoms with Crippen molar-refractivity contribution in [1.29, 1.82) is 0 Å². The number of hydrogen-bond acceptors (Lipinski definition) is 3. The average molecular weight is 239 g/mol. The van der Waals surface area contributed by atoms with Crippen LogP contribution in [0.1, 0.15) is 32.6 Å². The van der Waals surface area contributed by atoms with Crippen molar-refractivity contribution in [3.63, 3.8) is 0 Å². The number of hydrogen-bond donors (Lipinski definition) is 2. The summed E-state index contributed by atoms with van der Waals surface area (Å²) in [4.78, 5) is 25.5. The molecule has 5 heteroatoms. The molecular formula is C12H21N3O2. The highest BCUT2D eigenvalue weighted by Crippen LogP contribution is 2.18. The minimum Gasteiger partial charge on any atom is -0.345 e. The Hall–Kier alpha value is -1.10. The molecule has 2 heterocycles. The van der Waals surface area contributed by atoms with Gasteiger partial charge in [-0.15, -0.1) is 0 Å². The highest BCUT2D eigenvalue weighted by atomic mass is 16.2. The van der Waals surface area contributed by atoms with Crippen molar-refractivity contribution in [2.75, 3.05) is 26.2 Å². The molecule has 0 spiro atoms. The van der Waals surface area contributed by atoms with Gasteiger partial charge in [-0.1, -0.05) is 0 Å². The summed E-state index contributed by atoms with van der Waals surface area (Å²) >= 11 is 0. The second kappa shape index (κ2) is 5.04. The first-order chi connectivity index (χ1) is 8.12. The van der Waals surface area contributed by atoms with Gasteiger partial charge in [-0.2, -0.15) is 0 Å². The van der Waals surface area contributed by atoms with Crippen molar-refractivity contribution in [3.8, 4) is 0 Å². The van der Waals surface area contributed by atoms with Crippen LogP contribution in [0.3, 0.4) is 0 Å². The van der Waals surface area contributed by atoms with Crippen LogP contribution in [0, 0.1) is 0 Å². The molecule has 0 aliphatic carbocycles. The van der Waals surface area contributed by atoms with Gasteiger partial charge in [0.2, 0.25) is 11.8 Å². The predicted octanol–water partition coefficient (Wildman–Crippen LogP) is -0.133. The first-order valence-corrected chi connectivity index (χ1v) is 6.43. The molecule has 0 aromatic carbocycles. The summed E-state index contributed by atoms with van der Waals surface area (Å²) < 4.78 is 0. The minimum absolute atomic E-state index is 0.0393. The van der Waals surface area contributed by atoms with Gasteiger partial charge in [0.25, 0.3) is 0 Å². The van der Waals surface area contributed by atoms with Crippen molar-refractivity contribution in [2.45, 2.75) is 38.1 Å². The summed E-state index contributed by atoms with van der Waals surface area (Å²) in [5, 5.41) is 5.94. The number of nitrogens with zero attached hydrogens (tertiary/aromatic N) is 1. The highest BCUT2D eigenvalue weighted by Gasteiger charge is 2.36. The summed E-state index contributed by atoms with van der Waals surface area (Å²) in [5.41, 5.74) is -0.481. The van der Waals surface area contributed by atoms with Crippen molar-refractivity contribution in [3.05, 3.63) is 0 Å². The van der Waals surface area contributed by atoms with E-state index < -0.39 is 5.54 Å². The Bertz CT molecular complexity index is 305. The second-order valence-electron chi connectivity index (χ2n) is 5.13. The molecule has 0 saturated carbocycles. The van der Waals surface area contributed by atoms with Crippen molar-refractivity contribution >= 4 is 11.8 Å². The number of carbonyl (C=O) groups is 2. The van der Waals surface area contributed by atoms with Crippen molar-refractivity contribution in [2.24, 2.45) is 0 Å². The molecule has 0 aromatic rings. The van der Waals surface area contributed by atoms with Gasteiger partial charge in [-0.05, 0) is 39.2 Å². The third-order valence-corrected chi connectivity index (χ3v) is 3.73. The molecule has 2 aliphatic rings. The monoisotopic (exact) mass is 239 g/mol. The Kier molecular flexibility index (Phi) is 3.66. The maximum Gasteiger partial charge on any atom is 0.241 e. The van der Waals surface area contributed by atoms with Gasteiger partial charge >= 0.3 is 0 Å². The molecule has 0 aromatic heterocycles. The van der Waals surface area contributed by atoms with E-state index in [0.29, 0.717) is 0 Å². The molecule has 2 rings (SSSR count). The number of rotatable bonds is 3.